The predicted molar refractivity (Wildman–Crippen MR) is 133 cm³/mol. The molecule has 0 aliphatic rings. The summed E-state index contributed by atoms with van der Waals surface area (Å²) < 4.78 is 1.34. The van der Waals surface area contributed by atoms with Gasteiger partial charge < -0.3 is 0 Å². The topological polar surface area (TPSA) is 119 Å². The maximum Gasteiger partial charge on any atom is 0.301 e. The molecule has 0 aliphatic carbocycles. The van der Waals surface area contributed by atoms with Crippen LogP contribution in [0, 0.1) is 24.0 Å². The third-order valence-electron chi connectivity index (χ3n) is 5.49. The van der Waals surface area contributed by atoms with Crippen LogP contribution in [0.2, 0.25) is 0 Å². The van der Waals surface area contributed by atoms with Gasteiger partial charge in [0.2, 0.25) is 5.13 Å². The first kappa shape index (κ1) is 23.2. The van der Waals surface area contributed by atoms with Crippen molar-refractivity contribution >= 4 is 28.4 Å². The zero-order valence-corrected chi connectivity index (χ0v) is 20.3. The van der Waals surface area contributed by atoms with Gasteiger partial charge in [0.1, 0.15) is 0 Å². The number of aromatic amines is 1. The number of hydrogen-bond acceptors (Lipinski definition) is 7. The number of aryl methyl sites for hydroxylation is 1. The lowest BCUT2D eigenvalue weighted by Gasteiger charge is -2.14. The Bertz CT molecular complexity index is 1460. The lowest BCUT2D eigenvalue weighted by atomic mass is 9.96. The fourth-order valence-electron chi connectivity index (χ4n) is 3.27. The molecule has 1 N–H and O–H groups in total. The van der Waals surface area contributed by atoms with E-state index in [4.69, 9.17) is 0 Å². The third kappa shape index (κ3) is 4.44. The summed E-state index contributed by atoms with van der Waals surface area (Å²) in [6, 6.07) is 11.6. The molecule has 0 fully saturated rings. The van der Waals surface area contributed by atoms with Crippen molar-refractivity contribution in [1.82, 2.24) is 14.8 Å². The Balaban J connectivity index is 1.86. The number of nitro benzene ring substituents is 1. The highest BCUT2D eigenvalue weighted by atomic mass is 32.1. The Labute approximate surface area is 200 Å². The molecule has 34 heavy (non-hydrogen) atoms. The molecular formula is C24H24N6O3S. The van der Waals surface area contributed by atoms with Gasteiger partial charge in [-0.2, -0.15) is 9.80 Å². The van der Waals surface area contributed by atoms with Crippen LogP contribution in [0.3, 0.4) is 0 Å². The van der Waals surface area contributed by atoms with Crippen molar-refractivity contribution in [3.63, 3.8) is 0 Å². The molecule has 0 saturated heterocycles. The van der Waals surface area contributed by atoms with Gasteiger partial charge in [0.15, 0.2) is 5.69 Å². The van der Waals surface area contributed by atoms with Crippen LogP contribution < -0.4 is 5.56 Å². The average Bonchev–Trinajstić information content (AvgIpc) is 3.40. The molecule has 0 atom stereocenters. The van der Waals surface area contributed by atoms with Gasteiger partial charge in [0.25, 0.3) is 5.69 Å². The monoisotopic (exact) mass is 476 g/mol. The lowest BCUT2D eigenvalue weighted by Crippen LogP contribution is -2.13. The molecule has 2 heterocycles. The Morgan fingerprint density at radius 2 is 1.79 bits per heavy atom. The predicted octanol–water partition coefficient (Wildman–Crippen LogP) is 6.53. The number of nitro groups is 1. The Morgan fingerprint density at radius 3 is 2.41 bits per heavy atom. The van der Waals surface area contributed by atoms with E-state index in [0.717, 1.165) is 16.0 Å². The number of nitrogens with zero attached hydrogens (tertiary/aromatic N) is 5. The maximum absolute atomic E-state index is 13.4. The summed E-state index contributed by atoms with van der Waals surface area (Å²) in [6.07, 6.45) is 1.76. The highest BCUT2D eigenvalue weighted by Crippen LogP contribution is 2.33. The molecule has 0 amide bonds. The lowest BCUT2D eigenvalue weighted by molar-refractivity contribution is -0.384. The van der Waals surface area contributed by atoms with Crippen LogP contribution >= 0.6 is 11.3 Å². The highest BCUT2D eigenvalue weighted by Gasteiger charge is 2.22. The van der Waals surface area contributed by atoms with Crippen molar-refractivity contribution in [2.24, 2.45) is 10.2 Å². The number of non-ortho nitro benzene ring substituents is 1. The second kappa shape index (κ2) is 8.79. The summed E-state index contributed by atoms with van der Waals surface area (Å²) in [5.74, 6) is 0. The molecule has 0 saturated carbocycles. The second-order valence-corrected chi connectivity index (χ2v) is 9.97. The van der Waals surface area contributed by atoms with Crippen LogP contribution in [0.25, 0.3) is 16.4 Å². The van der Waals surface area contributed by atoms with E-state index in [-0.39, 0.29) is 16.8 Å². The fourth-order valence-corrected chi connectivity index (χ4v) is 4.20. The Morgan fingerprint density at radius 1 is 1.09 bits per heavy atom. The minimum atomic E-state index is -0.470. The molecule has 174 valence electrons. The number of H-pyrrole nitrogens is 1. The summed E-state index contributed by atoms with van der Waals surface area (Å²) in [6.45, 7) is 10.2. The van der Waals surface area contributed by atoms with Gasteiger partial charge in [-0.15, -0.1) is 5.11 Å². The number of nitrogens with one attached hydrogen (secondary N) is 1. The molecule has 4 rings (SSSR count). The number of azo groups is 1. The van der Waals surface area contributed by atoms with Crippen molar-refractivity contribution in [2.45, 2.75) is 40.0 Å². The van der Waals surface area contributed by atoms with E-state index in [1.165, 1.54) is 28.2 Å². The first-order valence-electron chi connectivity index (χ1n) is 10.6. The summed E-state index contributed by atoms with van der Waals surface area (Å²) in [5.41, 5.74) is 3.21. The molecule has 2 aromatic carbocycles. The number of rotatable bonds is 5. The van der Waals surface area contributed by atoms with Gasteiger partial charge in [-0.25, -0.2) is 4.98 Å². The van der Waals surface area contributed by atoms with Crippen LogP contribution in [0.4, 0.5) is 17.1 Å². The molecule has 0 unspecified atom stereocenters. The molecule has 0 aliphatic heterocycles. The number of hydrogen-bond donors (Lipinski definition) is 1. The molecule has 0 radical (unpaired) electrons. The number of thiazole rings is 1. The van der Waals surface area contributed by atoms with E-state index in [0.29, 0.717) is 22.1 Å². The van der Waals surface area contributed by atoms with Crippen LogP contribution in [-0.2, 0) is 5.41 Å². The van der Waals surface area contributed by atoms with Crippen LogP contribution in [-0.4, -0.2) is 19.7 Å². The molecule has 0 spiro atoms. The van der Waals surface area contributed by atoms with Crippen molar-refractivity contribution in [1.29, 1.82) is 0 Å². The van der Waals surface area contributed by atoms with E-state index in [1.54, 1.807) is 18.3 Å². The number of aromatic nitrogens is 3. The molecule has 10 heteroatoms. The first-order valence-corrected chi connectivity index (χ1v) is 11.4. The molecule has 9 nitrogen and oxygen atoms in total. The van der Waals surface area contributed by atoms with Crippen LogP contribution in [0.1, 0.15) is 36.8 Å². The van der Waals surface area contributed by atoms with E-state index < -0.39 is 10.5 Å². The molecular weight excluding hydrogens is 452 g/mol. The van der Waals surface area contributed by atoms with Gasteiger partial charge in [-0.1, -0.05) is 44.2 Å². The van der Waals surface area contributed by atoms with Gasteiger partial charge in [0, 0.05) is 28.8 Å². The first-order chi connectivity index (χ1) is 16.1. The van der Waals surface area contributed by atoms with Crippen LogP contribution in [0.5, 0.6) is 0 Å². The van der Waals surface area contributed by atoms with E-state index in [2.05, 4.69) is 41.1 Å². The molecule has 4 aromatic rings. The molecule has 0 bridgehead atoms. The quantitative estimate of drug-likeness (QED) is 0.200. The van der Waals surface area contributed by atoms with Gasteiger partial charge in [0.05, 0.1) is 16.3 Å². The van der Waals surface area contributed by atoms with Crippen molar-refractivity contribution in [2.75, 3.05) is 0 Å². The molecule has 2 aromatic heterocycles. The van der Waals surface area contributed by atoms with Crippen molar-refractivity contribution in [3.8, 4) is 16.4 Å². The van der Waals surface area contributed by atoms with Crippen LogP contribution in [0.15, 0.2) is 63.7 Å². The van der Waals surface area contributed by atoms with E-state index in [1.807, 2.05) is 32.0 Å². The highest BCUT2D eigenvalue weighted by molar-refractivity contribution is 7.14. The number of benzene rings is 2. The van der Waals surface area contributed by atoms with E-state index in [9.17, 15) is 14.9 Å². The Hall–Kier alpha value is -3.92. The van der Waals surface area contributed by atoms with Gasteiger partial charge in [-0.05, 0) is 48.6 Å². The van der Waals surface area contributed by atoms with E-state index >= 15 is 0 Å². The normalized spacial score (nSPS) is 11.9. The maximum atomic E-state index is 13.4. The summed E-state index contributed by atoms with van der Waals surface area (Å²) in [5, 5.41) is 23.3. The van der Waals surface area contributed by atoms with Crippen molar-refractivity contribution < 1.29 is 4.92 Å². The minimum Gasteiger partial charge on any atom is -0.286 e. The fraction of sp³-hybridized carbons (Fsp3) is 0.250. The van der Waals surface area contributed by atoms with Gasteiger partial charge >= 0.3 is 5.56 Å². The zero-order valence-electron chi connectivity index (χ0n) is 19.5. The summed E-state index contributed by atoms with van der Waals surface area (Å²) >= 11 is 1.41. The smallest absolute Gasteiger partial charge is 0.286 e. The largest absolute Gasteiger partial charge is 0.301 e. The summed E-state index contributed by atoms with van der Waals surface area (Å²) in [4.78, 5) is 29.5. The average molecular weight is 477 g/mol. The Kier molecular flexibility index (Phi) is 6.01. The minimum absolute atomic E-state index is 0.0427. The second-order valence-electron chi connectivity index (χ2n) is 8.96. The summed E-state index contributed by atoms with van der Waals surface area (Å²) in [7, 11) is 0. The standard InChI is InChI=1S/C24H24N6O3S/c1-14-7-6-8-18(15(14)2)26-27-21-20(16-9-11-17(12-10-16)30(32)33)28-29(22(21)31)23-25-13-19(34-23)24(3,4)5/h6-13,28H,1-5H3. The SMILES string of the molecule is Cc1cccc(N=Nc2c(-c3ccc([N+](=O)[O-])cc3)[nH]n(-c3ncc(C(C)(C)C)s3)c2=O)c1C. The van der Waals surface area contributed by atoms with Crippen molar-refractivity contribution in [3.05, 3.63) is 85.1 Å². The third-order valence-corrected chi connectivity index (χ3v) is 6.90. The van der Waals surface area contributed by atoms with Gasteiger partial charge in [-0.3, -0.25) is 20.0 Å². The zero-order chi connectivity index (χ0) is 24.6.